The van der Waals surface area contributed by atoms with E-state index >= 15 is 0 Å². The van der Waals surface area contributed by atoms with Crippen LogP contribution in [0.4, 0.5) is 11.4 Å². The van der Waals surface area contributed by atoms with Crippen LogP contribution in [-0.2, 0) is 26.3 Å². The minimum Gasteiger partial charge on any atom is -0.324 e. The molecule has 3 amide bonds. The van der Waals surface area contributed by atoms with Crippen LogP contribution in [0, 0.1) is 11.8 Å². The zero-order valence-electron chi connectivity index (χ0n) is 17.4. The fourth-order valence-electron chi connectivity index (χ4n) is 6.39. The number of rotatable bonds is 2. The third-order valence-corrected chi connectivity index (χ3v) is 8.01. The standard InChI is InChI=1S/C24H21Cl2N3O3/c1-2-12-5-6-17-16(8-12)24(23(32)27-17)20-19(18-4-3-7-28(18)24)21(30)29(22(20)31)15-10-13(25)9-14(26)11-15/h5-6,8-11,18-20H,2-4,7H2,1H3,(H,27,32)/t18-,19-,20+,24-/m1/s1. The first-order valence-corrected chi connectivity index (χ1v) is 11.7. The molecule has 3 fully saturated rings. The van der Waals surface area contributed by atoms with E-state index in [1.54, 1.807) is 18.2 Å². The van der Waals surface area contributed by atoms with E-state index in [0.29, 0.717) is 22.3 Å². The van der Waals surface area contributed by atoms with Gasteiger partial charge in [0, 0.05) is 27.3 Å². The lowest BCUT2D eigenvalue weighted by Crippen LogP contribution is -2.54. The van der Waals surface area contributed by atoms with Crippen LogP contribution in [0.3, 0.4) is 0 Å². The van der Waals surface area contributed by atoms with E-state index in [1.807, 2.05) is 18.2 Å². The van der Waals surface area contributed by atoms with E-state index < -0.39 is 17.4 Å². The van der Waals surface area contributed by atoms with Gasteiger partial charge < -0.3 is 5.32 Å². The van der Waals surface area contributed by atoms with Gasteiger partial charge in [0.05, 0.1) is 17.5 Å². The first-order valence-electron chi connectivity index (χ1n) is 10.9. The minimum atomic E-state index is -1.17. The SMILES string of the molecule is CCc1ccc2c(c1)[C@]1(C(=O)N2)[C@@H]2C(=O)N(c3cc(Cl)cc(Cl)c3)C(=O)[C@@H]2[C@H]2CCCN21. The van der Waals surface area contributed by atoms with Crippen LogP contribution in [0.15, 0.2) is 36.4 Å². The zero-order chi connectivity index (χ0) is 22.4. The van der Waals surface area contributed by atoms with Gasteiger partial charge in [0.25, 0.3) is 0 Å². The molecule has 164 valence electrons. The Morgan fingerprint density at radius 1 is 1.06 bits per heavy atom. The molecular weight excluding hydrogens is 449 g/mol. The Morgan fingerprint density at radius 3 is 2.53 bits per heavy atom. The summed E-state index contributed by atoms with van der Waals surface area (Å²) < 4.78 is 0. The van der Waals surface area contributed by atoms with Gasteiger partial charge in [0.2, 0.25) is 17.7 Å². The van der Waals surface area contributed by atoms with Crippen molar-refractivity contribution in [1.82, 2.24) is 4.90 Å². The number of benzene rings is 2. The highest BCUT2D eigenvalue weighted by Gasteiger charge is 2.74. The molecule has 0 bridgehead atoms. The molecule has 4 aliphatic rings. The summed E-state index contributed by atoms with van der Waals surface area (Å²) >= 11 is 12.3. The molecule has 8 heteroatoms. The fraction of sp³-hybridized carbons (Fsp3) is 0.375. The van der Waals surface area contributed by atoms with Gasteiger partial charge >= 0.3 is 0 Å². The van der Waals surface area contributed by atoms with Crippen molar-refractivity contribution in [2.75, 3.05) is 16.8 Å². The highest BCUT2D eigenvalue weighted by molar-refractivity contribution is 6.36. The summed E-state index contributed by atoms with van der Waals surface area (Å²) in [6.07, 6.45) is 2.48. The molecule has 6 rings (SSSR count). The summed E-state index contributed by atoms with van der Waals surface area (Å²) in [4.78, 5) is 44.6. The highest BCUT2D eigenvalue weighted by atomic mass is 35.5. The second-order valence-corrected chi connectivity index (χ2v) is 9.87. The molecule has 2 aromatic rings. The molecule has 1 spiro atoms. The van der Waals surface area contributed by atoms with Crippen LogP contribution < -0.4 is 10.2 Å². The summed E-state index contributed by atoms with van der Waals surface area (Å²) in [6.45, 7) is 2.74. The van der Waals surface area contributed by atoms with Gasteiger partial charge in [-0.2, -0.15) is 0 Å². The van der Waals surface area contributed by atoms with Crippen molar-refractivity contribution in [3.05, 3.63) is 57.6 Å². The molecule has 3 saturated heterocycles. The Hall–Kier alpha value is -2.41. The second kappa shape index (κ2) is 6.80. The number of amides is 3. The summed E-state index contributed by atoms with van der Waals surface area (Å²) in [5.41, 5.74) is 1.81. The maximum atomic E-state index is 13.9. The summed E-state index contributed by atoms with van der Waals surface area (Å²) in [5.74, 6) is -2.22. The lowest BCUT2D eigenvalue weighted by Gasteiger charge is -2.36. The molecule has 32 heavy (non-hydrogen) atoms. The number of nitrogens with zero attached hydrogens (tertiary/aromatic N) is 2. The lowest BCUT2D eigenvalue weighted by molar-refractivity contribution is -0.135. The highest BCUT2D eigenvalue weighted by Crippen LogP contribution is 2.60. The van der Waals surface area contributed by atoms with Crippen LogP contribution in [0.2, 0.25) is 10.0 Å². The fourth-order valence-corrected chi connectivity index (χ4v) is 6.91. The van der Waals surface area contributed by atoms with E-state index in [4.69, 9.17) is 23.2 Å². The monoisotopic (exact) mass is 469 g/mol. The molecule has 0 aliphatic carbocycles. The lowest BCUT2D eigenvalue weighted by atomic mass is 9.75. The van der Waals surface area contributed by atoms with Crippen LogP contribution in [0.5, 0.6) is 0 Å². The van der Waals surface area contributed by atoms with Crippen LogP contribution >= 0.6 is 23.2 Å². The van der Waals surface area contributed by atoms with Crippen molar-refractivity contribution >= 4 is 52.3 Å². The molecule has 0 unspecified atom stereocenters. The Labute approximate surface area is 195 Å². The van der Waals surface area contributed by atoms with E-state index in [1.165, 1.54) is 4.90 Å². The molecule has 0 radical (unpaired) electrons. The summed E-state index contributed by atoms with van der Waals surface area (Å²) in [6, 6.07) is 10.5. The number of hydrogen-bond donors (Lipinski definition) is 1. The van der Waals surface area contributed by atoms with E-state index in [-0.39, 0.29) is 23.8 Å². The first-order chi connectivity index (χ1) is 15.4. The molecule has 1 N–H and O–H groups in total. The van der Waals surface area contributed by atoms with Crippen molar-refractivity contribution < 1.29 is 14.4 Å². The normalized spacial score (nSPS) is 30.8. The van der Waals surface area contributed by atoms with Gasteiger partial charge in [-0.05, 0) is 55.6 Å². The average Bonchev–Trinajstić information content (AvgIpc) is 3.45. The zero-order valence-corrected chi connectivity index (χ0v) is 18.9. The van der Waals surface area contributed by atoms with E-state index in [2.05, 4.69) is 17.1 Å². The summed E-state index contributed by atoms with van der Waals surface area (Å²) in [5, 5.41) is 3.70. The molecule has 0 aromatic heterocycles. The number of fused-ring (bicyclic) bond motifs is 7. The van der Waals surface area contributed by atoms with E-state index in [9.17, 15) is 14.4 Å². The van der Waals surface area contributed by atoms with Gasteiger partial charge in [-0.1, -0.05) is 42.3 Å². The van der Waals surface area contributed by atoms with Gasteiger partial charge in [0.15, 0.2) is 0 Å². The number of anilines is 2. The number of hydrogen-bond acceptors (Lipinski definition) is 4. The van der Waals surface area contributed by atoms with Crippen molar-refractivity contribution in [1.29, 1.82) is 0 Å². The van der Waals surface area contributed by atoms with Gasteiger partial charge in [-0.25, -0.2) is 4.90 Å². The molecule has 6 nitrogen and oxygen atoms in total. The maximum Gasteiger partial charge on any atom is 0.250 e. The predicted molar refractivity (Wildman–Crippen MR) is 122 cm³/mol. The first kappa shape index (κ1) is 20.2. The quantitative estimate of drug-likeness (QED) is 0.675. The van der Waals surface area contributed by atoms with Crippen molar-refractivity contribution in [3.8, 4) is 0 Å². The Kier molecular flexibility index (Phi) is 4.29. The van der Waals surface area contributed by atoms with Crippen molar-refractivity contribution in [2.45, 2.75) is 37.8 Å². The maximum absolute atomic E-state index is 13.9. The van der Waals surface area contributed by atoms with E-state index in [0.717, 1.165) is 36.1 Å². The molecule has 4 atom stereocenters. The topological polar surface area (TPSA) is 69.7 Å². The van der Waals surface area contributed by atoms with Gasteiger partial charge in [-0.3, -0.25) is 19.3 Å². The average molecular weight is 470 g/mol. The second-order valence-electron chi connectivity index (χ2n) is 9.00. The molecule has 4 aliphatic heterocycles. The van der Waals surface area contributed by atoms with Crippen LogP contribution in [-0.4, -0.2) is 35.2 Å². The third kappa shape index (κ3) is 2.38. The smallest absolute Gasteiger partial charge is 0.250 e. The third-order valence-electron chi connectivity index (χ3n) is 7.57. The Balaban J connectivity index is 1.56. The van der Waals surface area contributed by atoms with Crippen molar-refractivity contribution in [2.24, 2.45) is 11.8 Å². The van der Waals surface area contributed by atoms with Crippen LogP contribution in [0.25, 0.3) is 0 Å². The van der Waals surface area contributed by atoms with Crippen LogP contribution in [0.1, 0.15) is 30.9 Å². The van der Waals surface area contributed by atoms with Gasteiger partial charge in [0.1, 0.15) is 5.54 Å². The molecular formula is C24H21Cl2N3O3. The largest absolute Gasteiger partial charge is 0.324 e. The Bertz CT molecular complexity index is 1190. The number of nitrogens with one attached hydrogen (secondary N) is 1. The van der Waals surface area contributed by atoms with Crippen molar-refractivity contribution in [3.63, 3.8) is 0 Å². The van der Waals surface area contributed by atoms with Gasteiger partial charge in [-0.15, -0.1) is 0 Å². The molecule has 2 aromatic carbocycles. The molecule has 4 heterocycles. The number of carbonyl (C=O) groups is 3. The number of carbonyl (C=O) groups excluding carboxylic acids is 3. The number of aryl methyl sites for hydroxylation is 1. The number of halogens is 2. The predicted octanol–water partition coefficient (Wildman–Crippen LogP) is 3.99. The molecule has 0 saturated carbocycles. The Morgan fingerprint density at radius 2 is 1.81 bits per heavy atom. The minimum absolute atomic E-state index is 0.155. The summed E-state index contributed by atoms with van der Waals surface area (Å²) in [7, 11) is 0. The number of imide groups is 1.